The second kappa shape index (κ2) is 9.57. The number of furan rings is 1. The van der Waals surface area contributed by atoms with E-state index in [0.717, 1.165) is 16.5 Å². The normalized spacial score (nSPS) is 11.3. The lowest BCUT2D eigenvalue weighted by Crippen LogP contribution is -2.12. The minimum Gasteiger partial charge on any atom is -0.451 e. The van der Waals surface area contributed by atoms with Gasteiger partial charge in [0.25, 0.3) is 5.91 Å². The summed E-state index contributed by atoms with van der Waals surface area (Å²) in [5.41, 5.74) is 5.03. The Bertz CT molecular complexity index is 1300. The fraction of sp³-hybridized carbons (Fsp3) is 0.143. The van der Waals surface area contributed by atoms with E-state index in [0.29, 0.717) is 22.9 Å². The van der Waals surface area contributed by atoms with Crippen LogP contribution in [0.1, 0.15) is 47.0 Å². The first kappa shape index (κ1) is 22.1. The van der Waals surface area contributed by atoms with Crippen LogP contribution in [0, 0.1) is 6.92 Å². The van der Waals surface area contributed by atoms with Gasteiger partial charge in [-0.15, -0.1) is 0 Å². The highest BCUT2D eigenvalue weighted by atomic mass is 16.3. The maximum absolute atomic E-state index is 12.6. The van der Waals surface area contributed by atoms with Crippen molar-refractivity contribution in [1.82, 2.24) is 0 Å². The number of anilines is 2. The largest absolute Gasteiger partial charge is 0.451 e. The molecule has 1 aromatic heterocycles. The molecule has 4 rings (SSSR count). The Morgan fingerprint density at radius 3 is 2.36 bits per heavy atom. The Labute approximate surface area is 193 Å². The fourth-order valence-electron chi connectivity index (χ4n) is 3.51. The monoisotopic (exact) mass is 438 g/mol. The van der Waals surface area contributed by atoms with E-state index in [2.05, 4.69) is 36.6 Å². The van der Waals surface area contributed by atoms with Gasteiger partial charge in [-0.1, -0.05) is 56.3 Å². The standard InChI is InChI=1S/C28H26N2O3/c1-18(2)21-11-8-20(9-12-21)10-15-27(31)29-23-13-14-24(19(3)16-23)30-28(32)26-17-22-6-4-5-7-25(22)33-26/h4-18H,1-3H3,(H,29,31)(H,30,32)/b15-10+. The Kier molecular flexibility index (Phi) is 6.41. The molecular weight excluding hydrogens is 412 g/mol. The lowest BCUT2D eigenvalue weighted by molar-refractivity contribution is -0.111. The lowest BCUT2D eigenvalue weighted by Gasteiger charge is -2.10. The van der Waals surface area contributed by atoms with Crippen LogP contribution in [0.15, 0.2) is 83.3 Å². The highest BCUT2D eigenvalue weighted by molar-refractivity contribution is 6.05. The number of hydrogen-bond donors (Lipinski definition) is 2. The molecule has 3 aromatic carbocycles. The van der Waals surface area contributed by atoms with Crippen LogP contribution in [0.3, 0.4) is 0 Å². The number of nitrogens with one attached hydrogen (secondary N) is 2. The third-order valence-corrected chi connectivity index (χ3v) is 5.42. The van der Waals surface area contributed by atoms with Gasteiger partial charge >= 0.3 is 0 Å². The lowest BCUT2D eigenvalue weighted by atomic mass is 10.0. The minimum absolute atomic E-state index is 0.221. The summed E-state index contributed by atoms with van der Waals surface area (Å²) in [4.78, 5) is 24.9. The highest BCUT2D eigenvalue weighted by Gasteiger charge is 2.13. The Hall–Kier alpha value is -4.12. The van der Waals surface area contributed by atoms with Crippen LogP contribution in [0.25, 0.3) is 17.0 Å². The zero-order valence-corrected chi connectivity index (χ0v) is 18.9. The van der Waals surface area contributed by atoms with E-state index in [1.807, 2.05) is 49.4 Å². The van der Waals surface area contributed by atoms with E-state index < -0.39 is 0 Å². The van der Waals surface area contributed by atoms with Crippen molar-refractivity contribution in [1.29, 1.82) is 0 Å². The van der Waals surface area contributed by atoms with Gasteiger partial charge in [0.15, 0.2) is 5.76 Å². The van der Waals surface area contributed by atoms with Crippen molar-refractivity contribution in [3.05, 3.63) is 101 Å². The predicted octanol–water partition coefficient (Wildman–Crippen LogP) is 6.77. The molecule has 0 saturated carbocycles. The van der Waals surface area contributed by atoms with Gasteiger partial charge in [0.1, 0.15) is 5.58 Å². The van der Waals surface area contributed by atoms with Gasteiger partial charge in [0.05, 0.1) is 0 Å². The highest BCUT2D eigenvalue weighted by Crippen LogP contribution is 2.23. The van der Waals surface area contributed by atoms with Gasteiger partial charge in [-0.3, -0.25) is 9.59 Å². The fourth-order valence-corrected chi connectivity index (χ4v) is 3.51. The topological polar surface area (TPSA) is 71.3 Å². The molecule has 0 fully saturated rings. The predicted molar refractivity (Wildman–Crippen MR) is 134 cm³/mol. The molecular formula is C28H26N2O3. The summed E-state index contributed by atoms with van der Waals surface area (Å²) in [5.74, 6) is 0.180. The quantitative estimate of drug-likeness (QED) is 0.326. The number of aryl methyl sites for hydroxylation is 1. The number of benzene rings is 3. The zero-order valence-electron chi connectivity index (χ0n) is 18.9. The van der Waals surface area contributed by atoms with Crippen LogP contribution in [0.2, 0.25) is 0 Å². The molecule has 33 heavy (non-hydrogen) atoms. The molecule has 1 heterocycles. The molecule has 2 N–H and O–H groups in total. The van der Waals surface area contributed by atoms with Crippen molar-refractivity contribution in [2.24, 2.45) is 0 Å². The maximum Gasteiger partial charge on any atom is 0.291 e. The molecule has 0 spiro atoms. The summed E-state index contributed by atoms with van der Waals surface area (Å²) in [6, 6.07) is 22.7. The van der Waals surface area contributed by atoms with E-state index in [9.17, 15) is 9.59 Å². The van der Waals surface area contributed by atoms with Crippen LogP contribution in [-0.4, -0.2) is 11.8 Å². The van der Waals surface area contributed by atoms with Crippen LogP contribution < -0.4 is 10.6 Å². The molecule has 0 aliphatic heterocycles. The van der Waals surface area contributed by atoms with Crippen molar-refractivity contribution >= 4 is 40.2 Å². The Morgan fingerprint density at radius 1 is 0.909 bits per heavy atom. The van der Waals surface area contributed by atoms with Crippen molar-refractivity contribution in [3.63, 3.8) is 0 Å². The number of amides is 2. The van der Waals surface area contributed by atoms with Crippen LogP contribution in [-0.2, 0) is 4.79 Å². The summed E-state index contributed by atoms with van der Waals surface area (Å²) < 4.78 is 5.62. The zero-order chi connectivity index (χ0) is 23.4. The summed E-state index contributed by atoms with van der Waals surface area (Å²) in [6.45, 7) is 6.17. The average molecular weight is 439 g/mol. The maximum atomic E-state index is 12.6. The van der Waals surface area contributed by atoms with Crippen molar-refractivity contribution in [2.75, 3.05) is 10.6 Å². The molecule has 0 aliphatic rings. The first-order valence-corrected chi connectivity index (χ1v) is 10.9. The molecule has 4 aromatic rings. The van der Waals surface area contributed by atoms with Crippen LogP contribution in [0.5, 0.6) is 0 Å². The van der Waals surface area contributed by atoms with Gasteiger partial charge in [0.2, 0.25) is 5.91 Å². The van der Waals surface area contributed by atoms with Gasteiger partial charge in [-0.05, 0) is 65.9 Å². The van der Waals surface area contributed by atoms with E-state index >= 15 is 0 Å². The summed E-state index contributed by atoms with van der Waals surface area (Å²) >= 11 is 0. The summed E-state index contributed by atoms with van der Waals surface area (Å²) in [5, 5.41) is 6.60. The molecule has 5 nitrogen and oxygen atoms in total. The molecule has 0 bridgehead atoms. The summed E-state index contributed by atoms with van der Waals surface area (Å²) in [7, 11) is 0. The molecule has 0 atom stereocenters. The average Bonchev–Trinajstić information content (AvgIpc) is 3.24. The third-order valence-electron chi connectivity index (χ3n) is 5.42. The molecule has 166 valence electrons. The number of para-hydroxylation sites is 1. The van der Waals surface area contributed by atoms with Gasteiger partial charge in [-0.25, -0.2) is 0 Å². The van der Waals surface area contributed by atoms with Gasteiger partial charge < -0.3 is 15.1 Å². The smallest absolute Gasteiger partial charge is 0.291 e. The molecule has 5 heteroatoms. The summed E-state index contributed by atoms with van der Waals surface area (Å²) in [6.07, 6.45) is 3.30. The van der Waals surface area contributed by atoms with Crippen molar-refractivity contribution in [2.45, 2.75) is 26.7 Å². The number of rotatable bonds is 6. The number of carbonyl (C=O) groups excluding carboxylic acids is 2. The molecule has 0 aliphatic carbocycles. The van der Waals surface area contributed by atoms with Gasteiger partial charge in [-0.2, -0.15) is 0 Å². The van der Waals surface area contributed by atoms with E-state index in [1.54, 1.807) is 24.3 Å². The van der Waals surface area contributed by atoms with Crippen molar-refractivity contribution < 1.29 is 14.0 Å². The first-order chi connectivity index (χ1) is 15.9. The van der Waals surface area contributed by atoms with E-state index in [-0.39, 0.29) is 17.6 Å². The Balaban J connectivity index is 1.38. The third kappa shape index (κ3) is 5.39. The van der Waals surface area contributed by atoms with Gasteiger partial charge in [0, 0.05) is 22.8 Å². The van der Waals surface area contributed by atoms with Crippen LogP contribution in [0.4, 0.5) is 11.4 Å². The van der Waals surface area contributed by atoms with E-state index in [1.165, 1.54) is 11.6 Å². The number of fused-ring (bicyclic) bond motifs is 1. The minimum atomic E-state index is -0.322. The second-order valence-electron chi connectivity index (χ2n) is 8.28. The molecule has 2 amide bonds. The number of carbonyl (C=O) groups is 2. The molecule has 0 saturated heterocycles. The SMILES string of the molecule is Cc1cc(NC(=O)/C=C/c2ccc(C(C)C)cc2)ccc1NC(=O)c1cc2ccccc2o1. The molecule has 0 unspecified atom stereocenters. The van der Waals surface area contributed by atoms with E-state index in [4.69, 9.17) is 4.42 Å². The first-order valence-electron chi connectivity index (χ1n) is 10.9. The number of hydrogen-bond acceptors (Lipinski definition) is 3. The van der Waals surface area contributed by atoms with Crippen LogP contribution >= 0.6 is 0 Å². The Morgan fingerprint density at radius 2 is 1.67 bits per heavy atom. The second-order valence-corrected chi connectivity index (χ2v) is 8.28. The van der Waals surface area contributed by atoms with Crippen molar-refractivity contribution in [3.8, 4) is 0 Å². The molecule has 0 radical (unpaired) electrons.